The highest BCUT2D eigenvalue weighted by Gasteiger charge is 2.34. The van der Waals surface area contributed by atoms with Crippen LogP contribution in [0.3, 0.4) is 0 Å². The minimum Gasteiger partial charge on any atom is -0.393 e. The number of carbonyl (C=O) groups excluding carboxylic acids is 2. The van der Waals surface area contributed by atoms with Gasteiger partial charge in [0.2, 0.25) is 0 Å². The van der Waals surface area contributed by atoms with E-state index in [1.807, 2.05) is 0 Å². The zero-order valence-electron chi connectivity index (χ0n) is 11.2. The number of halogens is 3. The van der Waals surface area contributed by atoms with Gasteiger partial charge in [-0.3, -0.25) is 9.59 Å². The van der Waals surface area contributed by atoms with Gasteiger partial charge in [0, 0.05) is 11.5 Å². The third-order valence-electron chi connectivity index (χ3n) is 3.08. The molecule has 0 atom stereocenters. The fourth-order valence-corrected chi connectivity index (χ4v) is 1.89. The van der Waals surface area contributed by atoms with Crippen molar-refractivity contribution in [3.8, 4) is 0 Å². The highest BCUT2D eigenvalue weighted by atomic mass is 19.4. The summed E-state index contributed by atoms with van der Waals surface area (Å²) in [6.45, 7) is 6.28. The molecule has 0 aromatic heterocycles. The van der Waals surface area contributed by atoms with Crippen molar-refractivity contribution in [2.24, 2.45) is 5.92 Å². The third kappa shape index (κ3) is 4.08. The highest BCUT2D eigenvalue weighted by molar-refractivity contribution is 5.89. The summed E-state index contributed by atoms with van der Waals surface area (Å²) in [4.78, 5) is 22.5. The molecule has 3 nitrogen and oxygen atoms in total. The molecule has 1 saturated heterocycles. The Balaban J connectivity index is 3.14. The molecule has 0 aromatic rings. The predicted molar refractivity (Wildman–Crippen MR) is 66.5 cm³/mol. The number of rotatable bonds is 3. The maximum absolute atomic E-state index is 12.6. The van der Waals surface area contributed by atoms with E-state index in [0.29, 0.717) is 11.1 Å². The van der Waals surface area contributed by atoms with Gasteiger partial charge in [0.05, 0.1) is 12.8 Å². The molecule has 0 aromatic carbocycles. The molecule has 0 aliphatic carbocycles. The molecule has 0 unspecified atom stereocenters. The molecule has 20 heavy (non-hydrogen) atoms. The van der Waals surface area contributed by atoms with Crippen molar-refractivity contribution in [2.75, 3.05) is 0 Å². The van der Waals surface area contributed by atoms with E-state index in [1.165, 1.54) is 0 Å². The largest absolute Gasteiger partial charge is 0.415 e. The zero-order valence-corrected chi connectivity index (χ0v) is 11.2. The van der Waals surface area contributed by atoms with Crippen molar-refractivity contribution < 1.29 is 27.5 Å². The van der Waals surface area contributed by atoms with E-state index in [0.717, 1.165) is 6.08 Å². The lowest BCUT2D eigenvalue weighted by Gasteiger charge is -2.24. The first-order valence-corrected chi connectivity index (χ1v) is 5.99. The van der Waals surface area contributed by atoms with Gasteiger partial charge in [-0.2, -0.15) is 13.2 Å². The van der Waals surface area contributed by atoms with Crippen LogP contribution in [0.4, 0.5) is 13.2 Å². The number of hydrogen-bond acceptors (Lipinski definition) is 3. The monoisotopic (exact) mass is 288 g/mol. The molecule has 1 aliphatic rings. The van der Waals surface area contributed by atoms with Gasteiger partial charge in [0.1, 0.15) is 0 Å². The Bertz CT molecular complexity index is 482. The fraction of sp³-hybridized carbons (Fsp3) is 0.429. The Morgan fingerprint density at radius 1 is 1.30 bits per heavy atom. The summed E-state index contributed by atoms with van der Waals surface area (Å²) in [5, 5.41) is 0. The Labute approximate surface area is 114 Å². The predicted octanol–water partition coefficient (Wildman–Crippen LogP) is 3.48. The Morgan fingerprint density at radius 2 is 1.80 bits per heavy atom. The maximum Gasteiger partial charge on any atom is 0.415 e. The Hall–Kier alpha value is -1.85. The van der Waals surface area contributed by atoms with Gasteiger partial charge in [-0.25, -0.2) is 0 Å². The molecule has 0 spiro atoms. The minimum atomic E-state index is -4.54. The van der Waals surface area contributed by atoms with E-state index in [9.17, 15) is 22.8 Å². The first kappa shape index (κ1) is 16.2. The van der Waals surface area contributed by atoms with Crippen LogP contribution in [0.25, 0.3) is 0 Å². The van der Waals surface area contributed by atoms with Gasteiger partial charge in [0.25, 0.3) is 0 Å². The minimum absolute atomic E-state index is 0.117. The van der Waals surface area contributed by atoms with Crippen LogP contribution < -0.4 is 0 Å². The number of carbonyl (C=O) groups is 2. The molecule has 6 heteroatoms. The average Bonchev–Trinajstić information content (AvgIpc) is 2.32. The molecule has 1 fully saturated rings. The van der Waals surface area contributed by atoms with E-state index < -0.39 is 29.6 Å². The van der Waals surface area contributed by atoms with Gasteiger partial charge in [0.15, 0.2) is 0 Å². The highest BCUT2D eigenvalue weighted by Crippen LogP contribution is 2.33. The summed E-state index contributed by atoms with van der Waals surface area (Å²) in [6, 6.07) is 0. The van der Waals surface area contributed by atoms with Gasteiger partial charge in [-0.15, -0.1) is 0 Å². The lowest BCUT2D eigenvalue weighted by molar-refractivity contribution is -0.164. The number of allylic oxidation sites excluding steroid dienone is 5. The molecule has 1 aliphatic heterocycles. The first-order valence-electron chi connectivity index (χ1n) is 5.99. The number of ether oxygens (including phenoxy) is 1. The molecule has 0 saturated carbocycles. The standard InChI is InChI=1S/C14H15F3O3/c1-4-8(2)11(5-9(3)14(15,16)17)10-6-12(18)20-13(19)7-10/h4-5,10H,3,6-7H2,1-2H3/b8-4-,11-5+. The van der Waals surface area contributed by atoms with Crippen LogP contribution in [0, 0.1) is 5.92 Å². The second kappa shape index (κ2) is 6.07. The van der Waals surface area contributed by atoms with Crippen LogP contribution in [0.1, 0.15) is 26.7 Å². The molecular formula is C14H15F3O3. The molecule has 0 N–H and O–H groups in total. The summed E-state index contributed by atoms with van der Waals surface area (Å²) >= 11 is 0. The first-order chi connectivity index (χ1) is 9.15. The summed E-state index contributed by atoms with van der Waals surface area (Å²) < 4.78 is 42.1. The van der Waals surface area contributed by atoms with Gasteiger partial charge in [-0.05, 0) is 25.5 Å². The van der Waals surface area contributed by atoms with Crippen molar-refractivity contribution in [1.82, 2.24) is 0 Å². The summed E-state index contributed by atoms with van der Waals surface area (Å²) in [5.74, 6) is -2.06. The van der Waals surface area contributed by atoms with Crippen LogP contribution in [0.5, 0.6) is 0 Å². The van der Waals surface area contributed by atoms with E-state index >= 15 is 0 Å². The number of alkyl halides is 3. The number of hydrogen-bond donors (Lipinski definition) is 0. The lowest BCUT2D eigenvalue weighted by atomic mass is 9.85. The normalized spacial score (nSPS) is 19.1. The quantitative estimate of drug-likeness (QED) is 0.453. The molecule has 110 valence electrons. The second-order valence-electron chi connectivity index (χ2n) is 4.55. The van der Waals surface area contributed by atoms with E-state index in [4.69, 9.17) is 0 Å². The SMILES string of the molecule is C=C(/C=C(\C(C)=C/C)C1CC(=O)OC(=O)C1)C(F)(F)F. The molecule has 0 bridgehead atoms. The van der Waals surface area contributed by atoms with Crippen molar-refractivity contribution in [2.45, 2.75) is 32.9 Å². The van der Waals surface area contributed by atoms with E-state index in [1.54, 1.807) is 19.9 Å². The van der Waals surface area contributed by atoms with E-state index in [-0.39, 0.29) is 12.8 Å². The Kier molecular flexibility index (Phi) is 4.92. The summed E-state index contributed by atoms with van der Waals surface area (Å²) in [6.07, 6.45) is -2.26. The van der Waals surface area contributed by atoms with Crippen LogP contribution >= 0.6 is 0 Å². The zero-order chi connectivity index (χ0) is 15.5. The average molecular weight is 288 g/mol. The molecular weight excluding hydrogens is 273 g/mol. The van der Waals surface area contributed by atoms with Crippen LogP contribution in [0.2, 0.25) is 0 Å². The lowest BCUT2D eigenvalue weighted by Crippen LogP contribution is -2.27. The smallest absolute Gasteiger partial charge is 0.393 e. The van der Waals surface area contributed by atoms with Crippen molar-refractivity contribution in [3.05, 3.63) is 35.5 Å². The summed E-state index contributed by atoms with van der Waals surface area (Å²) in [5.41, 5.74) is -0.150. The number of esters is 2. The number of cyclic esters (lactones) is 2. The van der Waals surface area contributed by atoms with Crippen molar-refractivity contribution in [1.29, 1.82) is 0 Å². The summed E-state index contributed by atoms with van der Waals surface area (Å²) in [7, 11) is 0. The second-order valence-corrected chi connectivity index (χ2v) is 4.55. The molecule has 0 radical (unpaired) electrons. The molecule has 1 rings (SSSR count). The van der Waals surface area contributed by atoms with Crippen molar-refractivity contribution in [3.63, 3.8) is 0 Å². The van der Waals surface area contributed by atoms with Crippen molar-refractivity contribution >= 4 is 11.9 Å². The maximum atomic E-state index is 12.6. The van der Waals surface area contributed by atoms with Gasteiger partial charge >= 0.3 is 18.1 Å². The Morgan fingerprint density at radius 3 is 2.20 bits per heavy atom. The molecule has 1 heterocycles. The fourth-order valence-electron chi connectivity index (χ4n) is 1.89. The van der Waals surface area contributed by atoms with E-state index in [2.05, 4.69) is 11.3 Å². The molecule has 0 amide bonds. The van der Waals surface area contributed by atoms with Crippen LogP contribution in [-0.4, -0.2) is 18.1 Å². The van der Waals surface area contributed by atoms with Gasteiger partial charge in [-0.1, -0.05) is 18.2 Å². The van der Waals surface area contributed by atoms with Crippen LogP contribution in [0.15, 0.2) is 35.5 Å². The topological polar surface area (TPSA) is 43.4 Å². The van der Waals surface area contributed by atoms with Gasteiger partial charge < -0.3 is 4.74 Å². The van der Waals surface area contributed by atoms with Crippen LogP contribution in [-0.2, 0) is 14.3 Å². The third-order valence-corrected chi connectivity index (χ3v) is 3.08.